The van der Waals surface area contributed by atoms with Crippen molar-refractivity contribution in [3.63, 3.8) is 0 Å². The number of rotatable bonds is 2. The van der Waals surface area contributed by atoms with Crippen LogP contribution in [0.25, 0.3) is 0 Å². The zero-order chi connectivity index (χ0) is 14.9. The number of aryl methyl sites for hydroxylation is 1. The number of benzene rings is 1. The Morgan fingerprint density at radius 2 is 2.00 bits per heavy atom. The summed E-state index contributed by atoms with van der Waals surface area (Å²) in [5.74, 6) is -0.227. The fraction of sp³-hybridized carbons (Fsp3) is 0.294. The van der Waals surface area contributed by atoms with Crippen LogP contribution in [0.2, 0.25) is 0 Å². The molecule has 1 aromatic carbocycles. The lowest BCUT2D eigenvalue weighted by Gasteiger charge is -2.36. The van der Waals surface area contributed by atoms with Crippen molar-refractivity contribution in [2.75, 3.05) is 11.4 Å². The number of carbonyl (C=O) groups excluding carboxylic acids is 2. The lowest BCUT2D eigenvalue weighted by atomic mass is 9.80. The van der Waals surface area contributed by atoms with Gasteiger partial charge in [-0.1, -0.05) is 42.5 Å². The maximum absolute atomic E-state index is 13.0. The second-order valence-electron chi connectivity index (χ2n) is 5.43. The first kappa shape index (κ1) is 14.1. The quantitative estimate of drug-likeness (QED) is 0.621. The Labute approximate surface area is 128 Å². The number of hydrogen-bond acceptors (Lipinski definition) is 2. The highest BCUT2D eigenvalue weighted by Crippen LogP contribution is 2.37. The van der Waals surface area contributed by atoms with E-state index in [0.717, 1.165) is 24.1 Å². The van der Waals surface area contributed by atoms with Gasteiger partial charge < -0.3 is 4.90 Å². The van der Waals surface area contributed by atoms with Gasteiger partial charge in [0, 0.05) is 12.2 Å². The van der Waals surface area contributed by atoms with Gasteiger partial charge in [0.2, 0.25) is 11.1 Å². The average molecular weight is 302 g/mol. The fourth-order valence-corrected chi connectivity index (χ4v) is 3.22. The molecule has 1 aromatic rings. The molecule has 4 heteroatoms. The number of allylic oxidation sites excluding steroid dienone is 3. The van der Waals surface area contributed by atoms with E-state index in [1.807, 2.05) is 36.4 Å². The van der Waals surface area contributed by atoms with Gasteiger partial charge in [0.15, 0.2) is 0 Å². The van der Waals surface area contributed by atoms with E-state index >= 15 is 0 Å². The summed E-state index contributed by atoms with van der Waals surface area (Å²) in [5.41, 5.74) is 0.777. The van der Waals surface area contributed by atoms with Crippen LogP contribution in [-0.2, 0) is 16.0 Å². The molecule has 1 atom stereocenters. The molecule has 0 saturated heterocycles. The molecule has 3 rings (SSSR count). The molecule has 0 N–H and O–H groups in total. The zero-order valence-electron chi connectivity index (χ0n) is 11.6. The van der Waals surface area contributed by atoms with E-state index in [2.05, 4.69) is 0 Å². The topological polar surface area (TPSA) is 37.4 Å². The fourth-order valence-electron chi connectivity index (χ4n) is 2.99. The highest BCUT2D eigenvalue weighted by atomic mass is 35.5. The van der Waals surface area contributed by atoms with Crippen molar-refractivity contribution in [2.45, 2.75) is 19.3 Å². The predicted octanol–water partition coefficient (Wildman–Crippen LogP) is 3.23. The van der Waals surface area contributed by atoms with Crippen molar-refractivity contribution in [3.8, 4) is 0 Å². The van der Waals surface area contributed by atoms with Gasteiger partial charge in [-0.25, -0.2) is 0 Å². The highest BCUT2D eigenvalue weighted by molar-refractivity contribution is 6.67. The van der Waals surface area contributed by atoms with Gasteiger partial charge in [-0.2, -0.15) is 0 Å². The minimum Gasteiger partial charge on any atom is -0.311 e. The Morgan fingerprint density at radius 3 is 2.71 bits per heavy atom. The van der Waals surface area contributed by atoms with Crippen LogP contribution in [0.5, 0.6) is 0 Å². The summed E-state index contributed by atoms with van der Waals surface area (Å²) in [5, 5.41) is -0.615. The summed E-state index contributed by atoms with van der Waals surface area (Å²) in [7, 11) is 0. The molecule has 0 radical (unpaired) electrons. The Hall–Kier alpha value is -1.87. The van der Waals surface area contributed by atoms with Crippen LogP contribution in [0.1, 0.15) is 18.4 Å². The summed E-state index contributed by atoms with van der Waals surface area (Å²) in [6, 6.07) is 7.84. The molecule has 0 bridgehead atoms. The second kappa shape index (κ2) is 5.49. The van der Waals surface area contributed by atoms with E-state index in [9.17, 15) is 9.59 Å². The number of fused-ring (bicyclic) bond motifs is 1. The standard InChI is InChI=1S/C17H16ClNO2/c18-15(20)17(10-4-1-5-11-17)16(21)19-12-6-8-13-7-2-3-9-14(13)19/h1-5,7,9-10H,6,8,11-12H2. The van der Waals surface area contributed by atoms with Crippen LogP contribution >= 0.6 is 11.6 Å². The normalized spacial score (nSPS) is 23.8. The summed E-state index contributed by atoms with van der Waals surface area (Å²) >= 11 is 5.78. The third-order valence-electron chi connectivity index (χ3n) is 4.16. The lowest BCUT2D eigenvalue weighted by molar-refractivity contribution is -0.133. The molecule has 1 unspecified atom stereocenters. The first-order chi connectivity index (χ1) is 10.1. The Bertz CT molecular complexity index is 650. The third-order valence-corrected chi connectivity index (χ3v) is 4.49. The molecule has 0 spiro atoms. The maximum atomic E-state index is 13.0. The maximum Gasteiger partial charge on any atom is 0.246 e. The van der Waals surface area contributed by atoms with Crippen LogP contribution in [0.4, 0.5) is 5.69 Å². The van der Waals surface area contributed by atoms with Gasteiger partial charge in [-0.05, 0) is 42.5 Å². The van der Waals surface area contributed by atoms with Gasteiger partial charge in [-0.3, -0.25) is 9.59 Å². The van der Waals surface area contributed by atoms with E-state index in [-0.39, 0.29) is 5.91 Å². The number of hydrogen-bond donors (Lipinski definition) is 0. The smallest absolute Gasteiger partial charge is 0.246 e. The van der Waals surface area contributed by atoms with Crippen molar-refractivity contribution in [1.82, 2.24) is 0 Å². The molecule has 1 aliphatic carbocycles. The Kier molecular flexibility index (Phi) is 3.68. The molecule has 2 aliphatic rings. The first-order valence-electron chi connectivity index (χ1n) is 7.09. The Balaban J connectivity index is 2.01. The number of para-hydroxylation sites is 1. The summed E-state index contributed by atoms with van der Waals surface area (Å²) in [4.78, 5) is 26.7. The largest absolute Gasteiger partial charge is 0.311 e. The number of nitrogens with zero attached hydrogens (tertiary/aromatic N) is 1. The third kappa shape index (κ3) is 2.32. The first-order valence-corrected chi connectivity index (χ1v) is 7.47. The molecule has 1 heterocycles. The van der Waals surface area contributed by atoms with Crippen molar-refractivity contribution < 1.29 is 9.59 Å². The lowest BCUT2D eigenvalue weighted by Crippen LogP contribution is -2.48. The molecule has 3 nitrogen and oxygen atoms in total. The van der Waals surface area contributed by atoms with Crippen LogP contribution in [-0.4, -0.2) is 17.7 Å². The van der Waals surface area contributed by atoms with Crippen molar-refractivity contribution >= 4 is 28.4 Å². The van der Waals surface area contributed by atoms with Crippen molar-refractivity contribution in [3.05, 3.63) is 54.1 Å². The monoisotopic (exact) mass is 301 g/mol. The van der Waals surface area contributed by atoms with Crippen molar-refractivity contribution in [1.29, 1.82) is 0 Å². The molecule has 1 aliphatic heterocycles. The summed E-state index contributed by atoms with van der Waals surface area (Å²) < 4.78 is 0. The number of halogens is 1. The van der Waals surface area contributed by atoms with Crippen LogP contribution in [0.15, 0.2) is 48.6 Å². The van der Waals surface area contributed by atoms with E-state index < -0.39 is 10.7 Å². The van der Waals surface area contributed by atoms with Crippen LogP contribution < -0.4 is 4.90 Å². The molecule has 0 saturated carbocycles. The molecular formula is C17H16ClNO2. The van der Waals surface area contributed by atoms with E-state index in [0.29, 0.717) is 13.0 Å². The van der Waals surface area contributed by atoms with Crippen molar-refractivity contribution in [2.24, 2.45) is 5.41 Å². The second-order valence-corrected chi connectivity index (χ2v) is 5.77. The minimum atomic E-state index is -1.26. The zero-order valence-corrected chi connectivity index (χ0v) is 12.3. The number of amides is 1. The van der Waals surface area contributed by atoms with E-state index in [1.54, 1.807) is 17.1 Å². The van der Waals surface area contributed by atoms with E-state index in [4.69, 9.17) is 11.6 Å². The molecule has 21 heavy (non-hydrogen) atoms. The van der Waals surface area contributed by atoms with Gasteiger partial charge in [-0.15, -0.1) is 0 Å². The Morgan fingerprint density at radius 1 is 1.19 bits per heavy atom. The van der Waals surface area contributed by atoms with Gasteiger partial charge >= 0.3 is 0 Å². The molecule has 0 fully saturated rings. The van der Waals surface area contributed by atoms with Crippen LogP contribution in [0.3, 0.4) is 0 Å². The van der Waals surface area contributed by atoms with Crippen LogP contribution in [0, 0.1) is 5.41 Å². The SMILES string of the molecule is O=C(Cl)C1(C(=O)N2CCCc3ccccc32)C=CC=CC1. The number of carbonyl (C=O) groups is 2. The molecule has 108 valence electrons. The number of anilines is 1. The molecule has 1 amide bonds. The van der Waals surface area contributed by atoms with Gasteiger partial charge in [0.05, 0.1) is 0 Å². The minimum absolute atomic E-state index is 0.227. The summed E-state index contributed by atoms with van der Waals surface area (Å²) in [6.45, 7) is 0.624. The molecule has 0 aromatic heterocycles. The highest BCUT2D eigenvalue weighted by Gasteiger charge is 2.45. The summed E-state index contributed by atoms with van der Waals surface area (Å²) in [6.07, 6.45) is 9.17. The molecular weight excluding hydrogens is 286 g/mol. The van der Waals surface area contributed by atoms with E-state index in [1.165, 1.54) is 0 Å². The average Bonchev–Trinajstić information content (AvgIpc) is 2.54. The predicted molar refractivity (Wildman–Crippen MR) is 83.3 cm³/mol. The van der Waals surface area contributed by atoms with Gasteiger partial charge in [0.25, 0.3) is 0 Å². The van der Waals surface area contributed by atoms with Gasteiger partial charge in [0.1, 0.15) is 5.41 Å².